The summed E-state index contributed by atoms with van der Waals surface area (Å²) in [7, 11) is 0. The summed E-state index contributed by atoms with van der Waals surface area (Å²) in [6.07, 6.45) is 3.03. The summed E-state index contributed by atoms with van der Waals surface area (Å²) >= 11 is 2.27. The topological polar surface area (TPSA) is 226 Å². The average molecular weight is 597 g/mol. The third kappa shape index (κ3) is 6.90. The van der Waals surface area contributed by atoms with Crippen molar-refractivity contribution in [3.63, 3.8) is 0 Å². The first kappa shape index (κ1) is 30.4. The maximum Gasteiger partial charge on any atom is 0.404 e. The van der Waals surface area contributed by atoms with Gasteiger partial charge in [-0.2, -0.15) is 0 Å². The lowest BCUT2D eigenvalue weighted by Gasteiger charge is -2.49. The maximum atomic E-state index is 13.1. The molecule has 3 amide bonds. The molecule has 1 unspecified atom stereocenters. The van der Waals surface area contributed by atoms with Gasteiger partial charge in [-0.1, -0.05) is 25.1 Å². The highest BCUT2D eigenvalue weighted by Gasteiger charge is 2.54. The number of anilines is 1. The molecule has 2 aliphatic heterocycles. The molecule has 0 aliphatic carbocycles. The number of oxime groups is 1. The molecule has 0 spiro atoms. The SMILES string of the molecule is CCC(CC)C(=O)OCOC(=O)C1=C(/C=C\COC(N)=O)CS[C@@H]2C(NC(=O)/C(=N\O)c3csc(N)n3)C(=O)N12. The normalized spacial score (nSPS) is 18.8. The minimum atomic E-state index is -1.07. The molecule has 1 aromatic rings. The first-order valence-corrected chi connectivity index (χ1v) is 13.9. The van der Waals surface area contributed by atoms with Gasteiger partial charge < -0.3 is 36.2 Å². The molecule has 1 saturated heterocycles. The van der Waals surface area contributed by atoms with Crippen molar-refractivity contribution in [2.75, 3.05) is 24.9 Å². The second-order valence-electron chi connectivity index (χ2n) is 8.31. The lowest BCUT2D eigenvalue weighted by atomic mass is 10.0. The molecule has 216 valence electrons. The number of β-lactam (4-membered cyclic amide) rings is 1. The number of carbonyl (C=O) groups is 5. The highest BCUT2D eigenvalue weighted by Crippen LogP contribution is 2.41. The van der Waals surface area contributed by atoms with Crippen LogP contribution in [0.5, 0.6) is 0 Å². The van der Waals surface area contributed by atoms with E-state index in [0.29, 0.717) is 18.4 Å². The molecule has 40 heavy (non-hydrogen) atoms. The van der Waals surface area contributed by atoms with Crippen LogP contribution in [0.1, 0.15) is 32.4 Å². The van der Waals surface area contributed by atoms with E-state index in [4.69, 9.17) is 20.9 Å². The molecular weight excluding hydrogens is 568 g/mol. The van der Waals surface area contributed by atoms with Crippen molar-refractivity contribution in [2.45, 2.75) is 38.1 Å². The fourth-order valence-electron chi connectivity index (χ4n) is 3.85. The fraction of sp³-hybridized carbons (Fsp3) is 0.435. The van der Waals surface area contributed by atoms with Crippen molar-refractivity contribution < 1.29 is 43.4 Å². The first-order valence-electron chi connectivity index (χ1n) is 12.0. The first-order chi connectivity index (χ1) is 19.1. The predicted octanol–water partition coefficient (Wildman–Crippen LogP) is 0.689. The molecule has 6 N–H and O–H groups in total. The Hall–Kier alpha value is -4.12. The molecule has 0 saturated carbocycles. The Labute approximate surface area is 236 Å². The highest BCUT2D eigenvalue weighted by molar-refractivity contribution is 8.00. The Morgan fingerprint density at radius 2 is 2.00 bits per heavy atom. The number of hydrogen-bond acceptors (Lipinski definition) is 14. The van der Waals surface area contributed by atoms with Gasteiger partial charge in [0.1, 0.15) is 29.4 Å². The fourth-order valence-corrected chi connectivity index (χ4v) is 5.72. The number of fused-ring (bicyclic) bond motifs is 1. The second-order valence-corrected chi connectivity index (χ2v) is 10.3. The zero-order valence-electron chi connectivity index (χ0n) is 21.5. The number of rotatable bonds is 12. The Morgan fingerprint density at radius 3 is 2.60 bits per heavy atom. The number of ether oxygens (including phenoxy) is 3. The maximum absolute atomic E-state index is 13.1. The van der Waals surface area contributed by atoms with Crippen molar-refractivity contribution in [2.24, 2.45) is 16.8 Å². The second kappa shape index (κ2) is 13.8. The lowest BCUT2D eigenvalue weighted by molar-refractivity contribution is -0.170. The molecule has 1 aromatic heterocycles. The summed E-state index contributed by atoms with van der Waals surface area (Å²) in [6, 6.07) is -1.07. The third-order valence-corrected chi connectivity index (χ3v) is 7.88. The number of allylic oxidation sites excluding steroid dienone is 1. The number of nitrogens with one attached hydrogen (secondary N) is 1. The molecule has 3 heterocycles. The van der Waals surface area contributed by atoms with Crippen LogP contribution in [0.2, 0.25) is 0 Å². The Balaban J connectivity index is 1.76. The van der Waals surface area contributed by atoms with Crippen LogP contribution in [-0.4, -0.2) is 81.2 Å². The molecule has 0 aromatic carbocycles. The zero-order valence-corrected chi connectivity index (χ0v) is 23.2. The smallest absolute Gasteiger partial charge is 0.404 e. The van der Waals surface area contributed by atoms with E-state index in [9.17, 15) is 29.2 Å². The van der Waals surface area contributed by atoms with Crippen LogP contribution in [0.15, 0.2) is 34.0 Å². The number of thioether (sulfide) groups is 1. The van der Waals surface area contributed by atoms with Gasteiger partial charge in [0.15, 0.2) is 10.8 Å². The van der Waals surface area contributed by atoms with Gasteiger partial charge in [-0.15, -0.1) is 23.1 Å². The van der Waals surface area contributed by atoms with Crippen LogP contribution in [0, 0.1) is 5.92 Å². The van der Waals surface area contributed by atoms with Crippen molar-refractivity contribution in [1.82, 2.24) is 15.2 Å². The van der Waals surface area contributed by atoms with Gasteiger partial charge >= 0.3 is 18.0 Å². The molecule has 1 fully saturated rings. The van der Waals surface area contributed by atoms with Crippen molar-refractivity contribution in [3.05, 3.63) is 34.5 Å². The molecule has 0 radical (unpaired) electrons. The summed E-state index contributed by atoms with van der Waals surface area (Å²) in [6.45, 7) is 2.82. The highest BCUT2D eigenvalue weighted by atomic mass is 32.2. The number of thiazole rings is 1. The number of nitrogens with two attached hydrogens (primary N) is 2. The van der Waals surface area contributed by atoms with Gasteiger partial charge in [0.25, 0.3) is 11.8 Å². The van der Waals surface area contributed by atoms with Gasteiger partial charge in [-0.05, 0) is 24.5 Å². The average Bonchev–Trinajstić information content (AvgIpc) is 3.35. The summed E-state index contributed by atoms with van der Waals surface area (Å²) in [5.74, 6) is -3.10. The zero-order chi connectivity index (χ0) is 29.4. The molecule has 2 atom stereocenters. The van der Waals surface area contributed by atoms with Crippen LogP contribution in [0.25, 0.3) is 0 Å². The van der Waals surface area contributed by atoms with Gasteiger partial charge in [0, 0.05) is 11.1 Å². The van der Waals surface area contributed by atoms with Crippen LogP contribution in [0.3, 0.4) is 0 Å². The Bertz CT molecular complexity index is 1260. The number of carbonyl (C=O) groups excluding carboxylic acids is 5. The number of primary amides is 1. The van der Waals surface area contributed by atoms with E-state index >= 15 is 0 Å². The van der Waals surface area contributed by atoms with E-state index in [1.165, 1.54) is 29.3 Å². The summed E-state index contributed by atoms with van der Waals surface area (Å²) in [5.41, 5.74) is 10.4. The molecular formula is C23H28N6O9S2. The molecule has 2 aliphatic rings. The third-order valence-electron chi connectivity index (χ3n) is 5.91. The minimum absolute atomic E-state index is 0.0279. The van der Waals surface area contributed by atoms with Crippen LogP contribution < -0.4 is 16.8 Å². The van der Waals surface area contributed by atoms with Crippen molar-refractivity contribution in [1.29, 1.82) is 0 Å². The van der Waals surface area contributed by atoms with E-state index in [2.05, 4.69) is 20.2 Å². The van der Waals surface area contributed by atoms with Crippen molar-refractivity contribution >= 4 is 63.8 Å². The standard InChI is InChI=1S/C23H28N6O9S2/c1-3-11(4-2)20(32)37-10-38-21(33)16-12(6-5-7-36-23(25)34)8-39-19-15(18(31)29(16)19)27-17(30)14(28-35)13-9-40-22(24)26-13/h5-6,9,11,15,19,35H,3-4,7-8,10H2,1-2H3,(H2,24,26)(H2,25,34)(H,27,30)/b6-5-,28-14-/t15?,19-/m1/s1. The molecule has 0 bridgehead atoms. The lowest BCUT2D eigenvalue weighted by Crippen LogP contribution is -2.71. The number of amides is 3. The van der Waals surface area contributed by atoms with Crippen LogP contribution in [-0.2, 0) is 33.4 Å². The number of hydrogen-bond donors (Lipinski definition) is 4. The van der Waals surface area contributed by atoms with Gasteiger partial charge in [-0.3, -0.25) is 19.3 Å². The number of esters is 2. The quantitative estimate of drug-likeness (QED) is 0.0653. The van der Waals surface area contributed by atoms with Crippen LogP contribution >= 0.6 is 23.1 Å². The Morgan fingerprint density at radius 1 is 1.27 bits per heavy atom. The number of nitrogen functional groups attached to an aromatic ring is 1. The monoisotopic (exact) mass is 596 g/mol. The van der Waals surface area contributed by atoms with Gasteiger partial charge in [0.2, 0.25) is 6.79 Å². The van der Waals surface area contributed by atoms with Crippen LogP contribution in [0.4, 0.5) is 9.93 Å². The molecule has 17 heteroatoms. The summed E-state index contributed by atoms with van der Waals surface area (Å²) in [5, 5.41) is 15.7. The van der Waals surface area contributed by atoms with E-state index in [0.717, 1.165) is 16.2 Å². The number of nitrogens with zero attached hydrogens (tertiary/aromatic N) is 3. The van der Waals surface area contributed by atoms with Crippen molar-refractivity contribution in [3.8, 4) is 0 Å². The summed E-state index contributed by atoms with van der Waals surface area (Å²) < 4.78 is 14.9. The number of aromatic nitrogens is 1. The molecule has 3 rings (SSSR count). The van der Waals surface area contributed by atoms with E-state index < -0.39 is 53.8 Å². The Kier molecular flexibility index (Phi) is 10.5. The minimum Gasteiger partial charge on any atom is -0.445 e. The van der Waals surface area contributed by atoms with Gasteiger partial charge in [0.05, 0.1) is 5.92 Å². The predicted molar refractivity (Wildman–Crippen MR) is 143 cm³/mol. The molecule has 15 nitrogen and oxygen atoms in total. The largest absolute Gasteiger partial charge is 0.445 e. The summed E-state index contributed by atoms with van der Waals surface area (Å²) in [4.78, 5) is 67.0. The van der Waals surface area contributed by atoms with E-state index in [-0.39, 0.29) is 34.8 Å². The van der Waals surface area contributed by atoms with Gasteiger partial charge in [-0.25, -0.2) is 14.6 Å². The van der Waals surface area contributed by atoms with E-state index in [1.54, 1.807) is 0 Å². The van der Waals surface area contributed by atoms with E-state index in [1.807, 2.05) is 13.8 Å².